The molecule has 0 fully saturated rings. The minimum Gasteiger partial charge on any atom is -0.496 e. The molecule has 2 aromatic rings. The lowest BCUT2D eigenvalue weighted by Crippen LogP contribution is -1.99. The van der Waals surface area contributed by atoms with Gasteiger partial charge >= 0.3 is 0 Å². The number of hydrogen-bond acceptors (Lipinski definition) is 2. The molecule has 0 amide bonds. The molecule has 0 spiro atoms. The van der Waals surface area contributed by atoms with Gasteiger partial charge in [-0.15, -0.1) is 0 Å². The van der Waals surface area contributed by atoms with Crippen LogP contribution < -0.4 is 4.74 Å². The van der Waals surface area contributed by atoms with Crippen LogP contribution in [0.1, 0.15) is 15.9 Å². The number of Topliss-reactive ketones (excluding diaryl/α,β-unsaturated/α-hetero) is 1. The molecular weight excluding hydrogens is 243 g/mol. The molecule has 0 heterocycles. The van der Waals surface area contributed by atoms with Gasteiger partial charge in [-0.1, -0.05) is 48.5 Å². The number of para-hydroxylation sites is 1. The van der Waals surface area contributed by atoms with Crippen molar-refractivity contribution in [2.75, 3.05) is 7.11 Å². The van der Waals surface area contributed by atoms with Crippen LogP contribution in [0.2, 0.25) is 0 Å². The molecule has 2 nitrogen and oxygen atoms in total. The van der Waals surface area contributed by atoms with Crippen LogP contribution in [0.5, 0.6) is 5.75 Å². The topological polar surface area (TPSA) is 26.3 Å². The molecule has 0 unspecified atom stereocenters. The van der Waals surface area contributed by atoms with E-state index in [1.165, 1.54) is 13.2 Å². The number of benzene rings is 2. The Labute approximate surface area is 111 Å². The number of carbonyl (C=O) groups is 1. The van der Waals surface area contributed by atoms with Crippen molar-refractivity contribution in [3.8, 4) is 5.75 Å². The minimum atomic E-state index is -0.810. The zero-order valence-corrected chi connectivity index (χ0v) is 10.5. The first-order valence-corrected chi connectivity index (χ1v) is 5.82. The molecule has 0 radical (unpaired) electrons. The highest BCUT2D eigenvalue weighted by molar-refractivity contribution is 6.09. The average Bonchev–Trinajstić information content (AvgIpc) is 2.48. The zero-order valence-electron chi connectivity index (χ0n) is 10.5. The number of ether oxygens (including phenoxy) is 1. The molecule has 2 rings (SSSR count). The van der Waals surface area contributed by atoms with Crippen molar-refractivity contribution < 1.29 is 13.9 Å². The van der Waals surface area contributed by atoms with Crippen molar-refractivity contribution in [3.63, 3.8) is 0 Å². The van der Waals surface area contributed by atoms with Gasteiger partial charge in [-0.2, -0.15) is 0 Å². The van der Waals surface area contributed by atoms with E-state index >= 15 is 0 Å². The van der Waals surface area contributed by atoms with Gasteiger partial charge in [0.15, 0.2) is 5.83 Å². The lowest BCUT2D eigenvalue weighted by molar-refractivity contribution is 0.101. The summed E-state index contributed by atoms with van der Waals surface area (Å²) in [7, 11) is 1.50. The fourth-order valence-corrected chi connectivity index (χ4v) is 1.72. The van der Waals surface area contributed by atoms with Gasteiger partial charge in [-0.3, -0.25) is 4.79 Å². The fraction of sp³-hybridized carbons (Fsp3) is 0.0625. The van der Waals surface area contributed by atoms with Crippen LogP contribution in [0, 0.1) is 0 Å². The Morgan fingerprint density at radius 1 is 1.05 bits per heavy atom. The standard InChI is InChI=1S/C16H13FO2/c1-19-15-10-6-5-9-13(15)11-14(17)16(18)12-7-3-2-4-8-12/h2-11H,1H3/b14-11-. The molecule has 0 atom stereocenters. The third-order valence-electron chi connectivity index (χ3n) is 2.67. The van der Waals surface area contributed by atoms with Gasteiger partial charge < -0.3 is 4.74 Å². The smallest absolute Gasteiger partial charge is 0.221 e. The van der Waals surface area contributed by atoms with Crippen molar-refractivity contribution >= 4 is 11.9 Å². The quantitative estimate of drug-likeness (QED) is 0.612. The molecule has 19 heavy (non-hydrogen) atoms. The third kappa shape index (κ3) is 3.07. The van der Waals surface area contributed by atoms with Crippen LogP contribution in [0.4, 0.5) is 4.39 Å². The van der Waals surface area contributed by atoms with Crippen molar-refractivity contribution in [3.05, 3.63) is 71.6 Å². The summed E-state index contributed by atoms with van der Waals surface area (Å²) in [6, 6.07) is 15.3. The highest BCUT2D eigenvalue weighted by Crippen LogP contribution is 2.22. The van der Waals surface area contributed by atoms with Gasteiger partial charge in [0.1, 0.15) is 5.75 Å². The molecule has 0 aliphatic rings. The first kappa shape index (κ1) is 13.0. The van der Waals surface area contributed by atoms with E-state index in [2.05, 4.69) is 0 Å². The van der Waals surface area contributed by atoms with Gasteiger partial charge in [0.05, 0.1) is 7.11 Å². The van der Waals surface area contributed by atoms with Gasteiger partial charge in [0.2, 0.25) is 5.78 Å². The number of rotatable bonds is 4. The molecule has 3 heteroatoms. The highest BCUT2D eigenvalue weighted by atomic mass is 19.1. The van der Waals surface area contributed by atoms with Crippen molar-refractivity contribution in [1.82, 2.24) is 0 Å². The van der Waals surface area contributed by atoms with Crippen LogP contribution in [0.25, 0.3) is 6.08 Å². The number of hydrogen-bond donors (Lipinski definition) is 0. The van der Waals surface area contributed by atoms with Crippen molar-refractivity contribution in [2.45, 2.75) is 0 Å². The molecule has 0 bridgehead atoms. The average molecular weight is 256 g/mol. The van der Waals surface area contributed by atoms with Crippen LogP contribution >= 0.6 is 0 Å². The predicted octanol–water partition coefficient (Wildman–Crippen LogP) is 3.89. The number of ketones is 1. The van der Waals surface area contributed by atoms with Crippen molar-refractivity contribution in [2.24, 2.45) is 0 Å². The molecule has 0 aromatic heterocycles. The van der Waals surface area contributed by atoms with E-state index in [-0.39, 0.29) is 0 Å². The maximum atomic E-state index is 13.9. The summed E-state index contributed by atoms with van der Waals surface area (Å²) in [5.74, 6) is -0.916. The molecule has 2 aromatic carbocycles. The zero-order chi connectivity index (χ0) is 13.7. The fourth-order valence-electron chi connectivity index (χ4n) is 1.72. The second-order valence-electron chi connectivity index (χ2n) is 3.93. The van der Waals surface area contributed by atoms with E-state index in [0.29, 0.717) is 16.9 Å². The van der Waals surface area contributed by atoms with E-state index in [9.17, 15) is 9.18 Å². The minimum absolute atomic E-state index is 0.325. The summed E-state index contributed by atoms with van der Waals surface area (Å²) >= 11 is 0. The molecular formula is C16H13FO2. The van der Waals surface area contributed by atoms with E-state index in [1.54, 1.807) is 54.6 Å². The number of allylic oxidation sites excluding steroid dienone is 1. The molecule has 0 saturated carbocycles. The Hall–Kier alpha value is -2.42. The summed E-state index contributed by atoms with van der Waals surface area (Å²) in [4.78, 5) is 11.9. The summed E-state index contributed by atoms with van der Waals surface area (Å²) < 4.78 is 19.0. The summed E-state index contributed by atoms with van der Waals surface area (Å²) in [6.07, 6.45) is 1.19. The molecule has 0 N–H and O–H groups in total. The molecule has 96 valence electrons. The first-order valence-electron chi connectivity index (χ1n) is 5.82. The van der Waals surface area contributed by atoms with Gasteiger partial charge in [-0.25, -0.2) is 4.39 Å². The van der Waals surface area contributed by atoms with E-state index < -0.39 is 11.6 Å². The van der Waals surface area contributed by atoms with Crippen molar-refractivity contribution in [1.29, 1.82) is 0 Å². The monoisotopic (exact) mass is 256 g/mol. The second-order valence-corrected chi connectivity index (χ2v) is 3.93. The van der Waals surface area contributed by atoms with Gasteiger partial charge in [0, 0.05) is 11.1 Å². The van der Waals surface area contributed by atoms with E-state index in [4.69, 9.17) is 4.74 Å². The van der Waals surface area contributed by atoms with Gasteiger partial charge in [-0.05, 0) is 12.1 Å². The Morgan fingerprint density at radius 2 is 1.68 bits per heavy atom. The Balaban J connectivity index is 2.31. The first-order chi connectivity index (χ1) is 9.22. The summed E-state index contributed by atoms with van der Waals surface area (Å²) in [5, 5.41) is 0. The molecule has 0 saturated heterocycles. The van der Waals surface area contributed by atoms with E-state index in [1.807, 2.05) is 0 Å². The highest BCUT2D eigenvalue weighted by Gasteiger charge is 2.12. The summed E-state index contributed by atoms with van der Waals surface area (Å²) in [6.45, 7) is 0. The molecule has 0 aliphatic heterocycles. The van der Waals surface area contributed by atoms with Crippen LogP contribution in [0.15, 0.2) is 60.4 Å². The molecule has 0 aliphatic carbocycles. The largest absolute Gasteiger partial charge is 0.496 e. The van der Waals surface area contributed by atoms with Gasteiger partial charge in [0.25, 0.3) is 0 Å². The maximum Gasteiger partial charge on any atom is 0.221 e. The van der Waals surface area contributed by atoms with Crippen LogP contribution in [-0.4, -0.2) is 12.9 Å². The number of halogens is 1. The second kappa shape index (κ2) is 5.96. The normalized spacial score (nSPS) is 11.2. The van der Waals surface area contributed by atoms with E-state index in [0.717, 1.165) is 0 Å². The van der Waals surface area contributed by atoms with Crippen LogP contribution in [0.3, 0.4) is 0 Å². The third-order valence-corrected chi connectivity index (χ3v) is 2.67. The Bertz CT molecular complexity index is 603. The number of methoxy groups -OCH3 is 1. The number of carbonyl (C=O) groups excluding carboxylic acids is 1. The predicted molar refractivity (Wildman–Crippen MR) is 72.9 cm³/mol. The lowest BCUT2D eigenvalue weighted by Gasteiger charge is -2.04. The SMILES string of the molecule is COc1ccccc1/C=C(\F)C(=O)c1ccccc1. The Kier molecular flexibility index (Phi) is 4.08. The Morgan fingerprint density at radius 3 is 2.37 bits per heavy atom. The maximum absolute atomic E-state index is 13.9. The van der Waals surface area contributed by atoms with Crippen LogP contribution in [-0.2, 0) is 0 Å². The summed E-state index contributed by atoms with van der Waals surface area (Å²) in [5.41, 5.74) is 0.859. The lowest BCUT2D eigenvalue weighted by atomic mass is 10.1.